The molecule has 20 heavy (non-hydrogen) atoms. The molecule has 2 heteroatoms. The SMILES string of the molecule is CCCCCCCCCCCCCCN1C=CC=NC1. The van der Waals surface area contributed by atoms with E-state index in [0.717, 1.165) is 6.67 Å². The second kappa shape index (κ2) is 13.2. The normalized spacial score (nSPS) is 14.2. The van der Waals surface area contributed by atoms with Crippen LogP contribution in [0.25, 0.3) is 0 Å². The summed E-state index contributed by atoms with van der Waals surface area (Å²) in [5, 5.41) is 0. The highest BCUT2D eigenvalue weighted by Crippen LogP contribution is 2.12. The van der Waals surface area contributed by atoms with Crippen LogP contribution in [0.3, 0.4) is 0 Å². The molecule has 0 bridgehead atoms. The van der Waals surface area contributed by atoms with Crippen LogP contribution in [0, 0.1) is 0 Å². The monoisotopic (exact) mass is 278 g/mol. The van der Waals surface area contributed by atoms with Gasteiger partial charge in [0.1, 0.15) is 6.67 Å². The molecule has 0 atom stereocenters. The molecule has 1 aliphatic rings. The standard InChI is InChI=1S/C18H34N2/c1-2-3-4-5-6-7-8-9-10-11-12-13-16-20-17-14-15-19-18-20/h14-15,17H,2-13,16,18H2,1H3. The molecule has 0 N–H and O–H groups in total. The summed E-state index contributed by atoms with van der Waals surface area (Å²) in [5.74, 6) is 0. The van der Waals surface area contributed by atoms with Gasteiger partial charge < -0.3 is 4.90 Å². The van der Waals surface area contributed by atoms with E-state index in [-0.39, 0.29) is 0 Å². The fourth-order valence-corrected chi connectivity index (χ4v) is 2.72. The zero-order valence-electron chi connectivity index (χ0n) is 13.5. The molecule has 0 saturated heterocycles. The largest absolute Gasteiger partial charge is 0.358 e. The van der Waals surface area contributed by atoms with Gasteiger partial charge in [0.25, 0.3) is 0 Å². The van der Waals surface area contributed by atoms with Gasteiger partial charge in [-0.15, -0.1) is 0 Å². The molecule has 0 unspecified atom stereocenters. The maximum absolute atomic E-state index is 4.25. The summed E-state index contributed by atoms with van der Waals surface area (Å²) in [5.41, 5.74) is 0. The van der Waals surface area contributed by atoms with Crippen LogP contribution >= 0.6 is 0 Å². The van der Waals surface area contributed by atoms with Gasteiger partial charge in [0.2, 0.25) is 0 Å². The summed E-state index contributed by atoms with van der Waals surface area (Å²) in [7, 11) is 0. The maximum Gasteiger partial charge on any atom is 0.109 e. The molecule has 1 rings (SSSR count). The molecule has 0 aliphatic carbocycles. The van der Waals surface area contributed by atoms with Crippen molar-refractivity contribution >= 4 is 6.21 Å². The van der Waals surface area contributed by atoms with E-state index in [9.17, 15) is 0 Å². The molecule has 0 amide bonds. The van der Waals surface area contributed by atoms with Gasteiger partial charge in [0.05, 0.1) is 0 Å². The average molecular weight is 278 g/mol. The lowest BCUT2D eigenvalue weighted by Crippen LogP contribution is -2.20. The molecular weight excluding hydrogens is 244 g/mol. The zero-order chi connectivity index (χ0) is 14.3. The molecule has 0 saturated carbocycles. The molecule has 116 valence electrons. The minimum absolute atomic E-state index is 0.856. The van der Waals surface area contributed by atoms with Crippen molar-refractivity contribution in [1.82, 2.24) is 4.90 Å². The van der Waals surface area contributed by atoms with E-state index in [2.05, 4.69) is 23.0 Å². The number of unbranched alkanes of at least 4 members (excludes halogenated alkanes) is 11. The number of nitrogens with zero attached hydrogens (tertiary/aromatic N) is 2. The first kappa shape index (κ1) is 17.3. The molecule has 2 nitrogen and oxygen atoms in total. The minimum Gasteiger partial charge on any atom is -0.358 e. The number of rotatable bonds is 13. The Morgan fingerprint density at radius 3 is 1.85 bits per heavy atom. The third kappa shape index (κ3) is 10.1. The summed E-state index contributed by atoms with van der Waals surface area (Å²) >= 11 is 0. The molecule has 1 heterocycles. The van der Waals surface area contributed by atoms with Crippen LogP contribution in [-0.4, -0.2) is 24.3 Å². The summed E-state index contributed by atoms with van der Waals surface area (Å²) in [6.07, 6.45) is 23.1. The van der Waals surface area contributed by atoms with Gasteiger partial charge in [0.15, 0.2) is 0 Å². The fraction of sp³-hybridized carbons (Fsp3) is 0.833. The topological polar surface area (TPSA) is 15.6 Å². The van der Waals surface area contributed by atoms with Crippen LogP contribution < -0.4 is 0 Å². The maximum atomic E-state index is 4.25. The lowest BCUT2D eigenvalue weighted by atomic mass is 10.1. The Hall–Kier alpha value is -0.790. The zero-order valence-corrected chi connectivity index (χ0v) is 13.5. The molecular formula is C18H34N2. The minimum atomic E-state index is 0.856. The Bertz CT molecular complexity index is 258. The lowest BCUT2D eigenvalue weighted by Gasteiger charge is -2.19. The van der Waals surface area contributed by atoms with Gasteiger partial charge in [-0.25, -0.2) is 0 Å². The molecule has 0 spiro atoms. The van der Waals surface area contributed by atoms with Crippen molar-refractivity contribution in [1.29, 1.82) is 0 Å². The van der Waals surface area contributed by atoms with E-state index in [4.69, 9.17) is 0 Å². The first-order chi connectivity index (χ1) is 9.93. The first-order valence-corrected chi connectivity index (χ1v) is 8.84. The highest BCUT2D eigenvalue weighted by atomic mass is 15.2. The van der Waals surface area contributed by atoms with Crippen LogP contribution in [0.1, 0.15) is 84.0 Å². The Kier molecular flexibility index (Phi) is 11.4. The second-order valence-electron chi connectivity index (χ2n) is 6.02. The van der Waals surface area contributed by atoms with Gasteiger partial charge in [-0.3, -0.25) is 4.99 Å². The van der Waals surface area contributed by atoms with Crippen molar-refractivity contribution < 1.29 is 0 Å². The summed E-state index contributed by atoms with van der Waals surface area (Å²) < 4.78 is 0. The van der Waals surface area contributed by atoms with E-state index in [1.807, 2.05) is 12.3 Å². The van der Waals surface area contributed by atoms with Gasteiger partial charge in [-0.05, 0) is 12.5 Å². The van der Waals surface area contributed by atoms with Crippen LogP contribution in [0.5, 0.6) is 0 Å². The Labute approximate surface area is 126 Å². The summed E-state index contributed by atoms with van der Waals surface area (Å²) in [4.78, 5) is 6.55. The van der Waals surface area contributed by atoms with Crippen LogP contribution in [0.15, 0.2) is 17.3 Å². The van der Waals surface area contributed by atoms with Gasteiger partial charge in [-0.2, -0.15) is 0 Å². The Morgan fingerprint density at radius 2 is 1.35 bits per heavy atom. The second-order valence-corrected chi connectivity index (χ2v) is 6.02. The van der Waals surface area contributed by atoms with Crippen LogP contribution in [-0.2, 0) is 0 Å². The quantitative estimate of drug-likeness (QED) is 0.404. The number of aliphatic imine (C=N–C) groups is 1. The highest BCUT2D eigenvalue weighted by Gasteiger charge is 1.99. The number of hydrogen-bond acceptors (Lipinski definition) is 2. The van der Waals surface area contributed by atoms with Crippen molar-refractivity contribution in [3.8, 4) is 0 Å². The van der Waals surface area contributed by atoms with Gasteiger partial charge in [-0.1, -0.05) is 77.6 Å². The van der Waals surface area contributed by atoms with E-state index in [1.165, 1.54) is 83.6 Å². The first-order valence-electron chi connectivity index (χ1n) is 8.84. The van der Waals surface area contributed by atoms with Gasteiger partial charge in [0, 0.05) is 19.0 Å². The third-order valence-electron chi connectivity index (χ3n) is 4.05. The van der Waals surface area contributed by atoms with Crippen molar-refractivity contribution in [2.75, 3.05) is 13.2 Å². The smallest absolute Gasteiger partial charge is 0.109 e. The van der Waals surface area contributed by atoms with Crippen molar-refractivity contribution in [3.63, 3.8) is 0 Å². The lowest BCUT2D eigenvalue weighted by molar-refractivity contribution is 0.370. The molecule has 0 aromatic heterocycles. The van der Waals surface area contributed by atoms with E-state index >= 15 is 0 Å². The van der Waals surface area contributed by atoms with E-state index in [1.54, 1.807) is 0 Å². The molecule has 1 aliphatic heterocycles. The van der Waals surface area contributed by atoms with Crippen molar-refractivity contribution in [2.45, 2.75) is 84.0 Å². The highest BCUT2D eigenvalue weighted by molar-refractivity contribution is 5.71. The molecule has 0 aromatic carbocycles. The predicted octanol–water partition coefficient (Wildman–Crippen LogP) is 5.55. The summed E-state index contributed by atoms with van der Waals surface area (Å²) in [6.45, 7) is 4.31. The average Bonchev–Trinajstić information content (AvgIpc) is 2.49. The Balaban J connectivity index is 1.72. The summed E-state index contributed by atoms with van der Waals surface area (Å²) in [6, 6.07) is 0. The molecule has 0 aromatic rings. The number of allylic oxidation sites excluding steroid dienone is 1. The van der Waals surface area contributed by atoms with Gasteiger partial charge >= 0.3 is 0 Å². The van der Waals surface area contributed by atoms with E-state index in [0.29, 0.717) is 0 Å². The molecule has 0 fully saturated rings. The van der Waals surface area contributed by atoms with Crippen molar-refractivity contribution in [2.24, 2.45) is 4.99 Å². The van der Waals surface area contributed by atoms with Crippen molar-refractivity contribution in [3.05, 3.63) is 12.3 Å². The predicted molar refractivity (Wildman–Crippen MR) is 90.3 cm³/mol. The van der Waals surface area contributed by atoms with Crippen LogP contribution in [0.2, 0.25) is 0 Å². The third-order valence-corrected chi connectivity index (χ3v) is 4.05. The number of hydrogen-bond donors (Lipinski definition) is 0. The van der Waals surface area contributed by atoms with E-state index < -0.39 is 0 Å². The molecule has 0 radical (unpaired) electrons. The Morgan fingerprint density at radius 1 is 0.800 bits per heavy atom. The van der Waals surface area contributed by atoms with Crippen LogP contribution in [0.4, 0.5) is 0 Å². The fourth-order valence-electron chi connectivity index (χ4n) is 2.72.